The van der Waals surface area contributed by atoms with E-state index in [1.807, 2.05) is 12.1 Å². The van der Waals surface area contributed by atoms with Crippen LogP contribution in [-0.2, 0) is 9.59 Å². The lowest BCUT2D eigenvalue weighted by atomic mass is 9.97. The van der Waals surface area contributed by atoms with Gasteiger partial charge in [-0.05, 0) is 50.1 Å². The fourth-order valence-corrected chi connectivity index (χ4v) is 3.95. The molecule has 0 aromatic heterocycles. The van der Waals surface area contributed by atoms with Crippen LogP contribution in [0.15, 0.2) is 24.3 Å². The van der Waals surface area contributed by atoms with E-state index in [9.17, 15) is 9.59 Å². The molecule has 6 heteroatoms. The number of hydrogen-bond donors (Lipinski definition) is 2. The second kappa shape index (κ2) is 8.54. The summed E-state index contributed by atoms with van der Waals surface area (Å²) in [7, 11) is 2.14. The lowest BCUT2D eigenvalue weighted by Crippen LogP contribution is -2.47. The van der Waals surface area contributed by atoms with Crippen LogP contribution >= 0.6 is 0 Å². The number of nitrogens with one attached hydrogen (secondary N) is 2. The number of nitrogens with zero attached hydrogens (tertiary/aromatic N) is 2. The molecule has 1 aromatic carbocycles. The zero-order valence-corrected chi connectivity index (χ0v) is 15.8. The molecular formula is C20H30N4O2. The standard InChI is InChI=1S/C20H30N4O2/c1-15(25)21-19(16-5-3-4-6-16)20(26)22-17-7-9-18(10-8-17)24-13-11-23(2)12-14-24/h7-10,16,19H,3-6,11-14H2,1-2H3,(H,21,25)(H,22,26). The second-order valence-electron chi connectivity index (χ2n) is 7.55. The summed E-state index contributed by atoms with van der Waals surface area (Å²) in [5, 5.41) is 5.83. The number of rotatable bonds is 5. The number of benzene rings is 1. The number of piperazine rings is 1. The zero-order valence-electron chi connectivity index (χ0n) is 15.8. The Labute approximate surface area is 155 Å². The van der Waals surface area contributed by atoms with Gasteiger partial charge in [0, 0.05) is 44.5 Å². The van der Waals surface area contributed by atoms with Crippen molar-refractivity contribution >= 4 is 23.2 Å². The first-order chi connectivity index (χ1) is 12.5. The third-order valence-electron chi connectivity index (χ3n) is 5.52. The molecule has 2 fully saturated rings. The minimum absolute atomic E-state index is 0.112. The molecule has 1 aliphatic carbocycles. The Hall–Kier alpha value is -2.08. The van der Waals surface area contributed by atoms with E-state index in [0.29, 0.717) is 0 Å². The second-order valence-corrected chi connectivity index (χ2v) is 7.55. The van der Waals surface area contributed by atoms with Crippen molar-refractivity contribution < 1.29 is 9.59 Å². The predicted octanol–water partition coefficient (Wildman–Crippen LogP) is 2.07. The van der Waals surface area contributed by atoms with Gasteiger partial charge in [-0.15, -0.1) is 0 Å². The summed E-state index contributed by atoms with van der Waals surface area (Å²) < 4.78 is 0. The summed E-state index contributed by atoms with van der Waals surface area (Å²) in [6.07, 6.45) is 4.27. The smallest absolute Gasteiger partial charge is 0.247 e. The molecule has 2 aliphatic rings. The van der Waals surface area contributed by atoms with E-state index >= 15 is 0 Å². The van der Waals surface area contributed by atoms with Gasteiger partial charge in [0.1, 0.15) is 6.04 Å². The molecule has 1 unspecified atom stereocenters. The van der Waals surface area contributed by atoms with Crippen LogP contribution in [0.3, 0.4) is 0 Å². The van der Waals surface area contributed by atoms with Gasteiger partial charge < -0.3 is 20.4 Å². The van der Waals surface area contributed by atoms with Gasteiger partial charge in [0.2, 0.25) is 11.8 Å². The van der Waals surface area contributed by atoms with Crippen LogP contribution in [0.1, 0.15) is 32.6 Å². The Morgan fingerprint density at radius 3 is 2.23 bits per heavy atom. The predicted molar refractivity (Wildman–Crippen MR) is 104 cm³/mol. The van der Waals surface area contributed by atoms with Crippen molar-refractivity contribution in [2.75, 3.05) is 43.4 Å². The van der Waals surface area contributed by atoms with Crippen LogP contribution in [0.4, 0.5) is 11.4 Å². The summed E-state index contributed by atoms with van der Waals surface area (Å²) in [5.74, 6) is -0.0228. The highest BCUT2D eigenvalue weighted by atomic mass is 16.2. The first kappa shape index (κ1) is 18.7. The van der Waals surface area contributed by atoms with Crippen LogP contribution in [0, 0.1) is 5.92 Å². The number of carbonyl (C=O) groups excluding carboxylic acids is 2. The average Bonchev–Trinajstić information content (AvgIpc) is 3.15. The van der Waals surface area contributed by atoms with Gasteiger partial charge in [-0.1, -0.05) is 12.8 Å². The van der Waals surface area contributed by atoms with Crippen LogP contribution in [0.2, 0.25) is 0 Å². The average molecular weight is 358 g/mol. The first-order valence-corrected chi connectivity index (χ1v) is 9.64. The van der Waals surface area contributed by atoms with Crippen molar-refractivity contribution in [2.45, 2.75) is 38.6 Å². The molecule has 6 nitrogen and oxygen atoms in total. The molecule has 0 bridgehead atoms. The molecule has 1 aliphatic heterocycles. The molecular weight excluding hydrogens is 328 g/mol. The summed E-state index contributed by atoms with van der Waals surface area (Å²) in [6, 6.07) is 7.58. The lowest BCUT2D eigenvalue weighted by Gasteiger charge is -2.34. The third kappa shape index (κ3) is 4.75. The van der Waals surface area contributed by atoms with Crippen molar-refractivity contribution in [3.63, 3.8) is 0 Å². The fraction of sp³-hybridized carbons (Fsp3) is 0.600. The molecule has 1 aromatic rings. The molecule has 1 saturated heterocycles. The van der Waals surface area contributed by atoms with Crippen LogP contribution in [0.5, 0.6) is 0 Å². The van der Waals surface area contributed by atoms with Crippen LogP contribution in [-0.4, -0.2) is 56.0 Å². The Morgan fingerprint density at radius 1 is 1.04 bits per heavy atom. The van der Waals surface area contributed by atoms with E-state index in [-0.39, 0.29) is 17.7 Å². The van der Waals surface area contributed by atoms with Gasteiger partial charge in [0.25, 0.3) is 0 Å². The normalized spacial score (nSPS) is 20.0. The Balaban J connectivity index is 1.61. The largest absolute Gasteiger partial charge is 0.369 e. The Kier molecular flexibility index (Phi) is 6.14. The summed E-state index contributed by atoms with van der Waals surface area (Å²) >= 11 is 0. The fourth-order valence-electron chi connectivity index (χ4n) is 3.95. The lowest BCUT2D eigenvalue weighted by molar-refractivity contribution is -0.126. The van der Waals surface area contributed by atoms with Gasteiger partial charge in [-0.25, -0.2) is 0 Å². The maximum Gasteiger partial charge on any atom is 0.247 e. The summed E-state index contributed by atoms with van der Waals surface area (Å²) in [4.78, 5) is 28.9. The first-order valence-electron chi connectivity index (χ1n) is 9.64. The molecule has 1 heterocycles. The monoisotopic (exact) mass is 358 g/mol. The van der Waals surface area contributed by atoms with Gasteiger partial charge in [-0.2, -0.15) is 0 Å². The van der Waals surface area contributed by atoms with Crippen molar-refractivity contribution in [2.24, 2.45) is 5.92 Å². The topological polar surface area (TPSA) is 64.7 Å². The highest BCUT2D eigenvalue weighted by molar-refractivity contribution is 5.97. The Bertz CT molecular complexity index is 617. The summed E-state index contributed by atoms with van der Waals surface area (Å²) in [5.41, 5.74) is 1.96. The van der Waals surface area contributed by atoms with Crippen molar-refractivity contribution in [1.29, 1.82) is 0 Å². The van der Waals surface area contributed by atoms with Gasteiger partial charge in [0.15, 0.2) is 0 Å². The van der Waals surface area contributed by atoms with Gasteiger partial charge >= 0.3 is 0 Å². The number of anilines is 2. The van der Waals surface area contributed by atoms with E-state index in [2.05, 4.69) is 39.6 Å². The van der Waals surface area contributed by atoms with E-state index in [1.165, 1.54) is 12.6 Å². The molecule has 26 heavy (non-hydrogen) atoms. The molecule has 2 amide bonds. The number of hydrogen-bond acceptors (Lipinski definition) is 4. The SMILES string of the molecule is CC(=O)NC(C(=O)Nc1ccc(N2CCN(C)CC2)cc1)C1CCCC1. The third-order valence-corrected chi connectivity index (χ3v) is 5.52. The van der Waals surface area contributed by atoms with Gasteiger partial charge in [0.05, 0.1) is 0 Å². The van der Waals surface area contributed by atoms with Gasteiger partial charge in [-0.3, -0.25) is 9.59 Å². The van der Waals surface area contributed by atoms with Crippen molar-refractivity contribution in [3.05, 3.63) is 24.3 Å². The van der Waals surface area contributed by atoms with E-state index < -0.39 is 6.04 Å². The highest BCUT2D eigenvalue weighted by Gasteiger charge is 2.31. The van der Waals surface area contributed by atoms with Crippen LogP contribution < -0.4 is 15.5 Å². The molecule has 0 spiro atoms. The van der Waals surface area contributed by atoms with E-state index in [0.717, 1.165) is 57.5 Å². The van der Waals surface area contributed by atoms with Crippen LogP contribution in [0.25, 0.3) is 0 Å². The minimum atomic E-state index is -0.438. The molecule has 3 rings (SSSR count). The number of amides is 2. The molecule has 142 valence electrons. The maximum atomic E-state index is 12.7. The summed E-state index contributed by atoms with van der Waals surface area (Å²) in [6.45, 7) is 5.65. The molecule has 1 atom stereocenters. The minimum Gasteiger partial charge on any atom is -0.369 e. The molecule has 0 radical (unpaired) electrons. The van der Waals surface area contributed by atoms with E-state index in [4.69, 9.17) is 0 Å². The van der Waals surface area contributed by atoms with E-state index in [1.54, 1.807) is 0 Å². The number of carbonyl (C=O) groups is 2. The number of likely N-dealkylation sites (N-methyl/N-ethyl adjacent to an activating group) is 1. The molecule has 2 N–H and O–H groups in total. The Morgan fingerprint density at radius 2 is 1.65 bits per heavy atom. The quantitative estimate of drug-likeness (QED) is 0.846. The molecule has 1 saturated carbocycles. The highest BCUT2D eigenvalue weighted by Crippen LogP contribution is 2.28. The zero-order chi connectivity index (χ0) is 18.5. The van der Waals surface area contributed by atoms with Crippen molar-refractivity contribution in [3.8, 4) is 0 Å². The maximum absolute atomic E-state index is 12.7. The van der Waals surface area contributed by atoms with Crippen molar-refractivity contribution in [1.82, 2.24) is 10.2 Å².